The van der Waals surface area contributed by atoms with Gasteiger partial charge in [-0.3, -0.25) is 0 Å². The van der Waals surface area contributed by atoms with Crippen LogP contribution in [0.25, 0.3) is 0 Å². The molecule has 0 aliphatic heterocycles. The van der Waals surface area contributed by atoms with Gasteiger partial charge in [0, 0.05) is 19.8 Å². The molecular weight excluding hydrogens is 352 g/mol. The van der Waals surface area contributed by atoms with Gasteiger partial charge in [-0.25, -0.2) is 9.59 Å². The number of benzene rings is 1. The van der Waals surface area contributed by atoms with Crippen LogP contribution in [0.5, 0.6) is 0 Å². The Balaban J connectivity index is 2.95. The van der Waals surface area contributed by atoms with Crippen molar-refractivity contribution in [1.29, 1.82) is 0 Å². The Bertz CT molecular complexity index is 688. The number of carbonyl (C=O) groups excluding carboxylic acids is 1. The van der Waals surface area contributed by atoms with Crippen LogP contribution in [0.2, 0.25) is 0 Å². The van der Waals surface area contributed by atoms with E-state index in [0.29, 0.717) is 0 Å². The number of allylic oxidation sites excluding steroid dienone is 1. The molecule has 27 heavy (non-hydrogen) atoms. The molecular formula is C20H28O7. The molecule has 0 fully saturated rings. The summed E-state index contributed by atoms with van der Waals surface area (Å²) in [7, 11) is 0. The molecule has 0 aromatic heterocycles. The van der Waals surface area contributed by atoms with Gasteiger partial charge in [-0.2, -0.15) is 4.89 Å². The number of ether oxygens (including phenoxy) is 2. The summed E-state index contributed by atoms with van der Waals surface area (Å²) in [6.45, 7) is 11.5. The lowest BCUT2D eigenvalue weighted by atomic mass is 9.99. The van der Waals surface area contributed by atoms with E-state index < -0.39 is 23.5 Å². The van der Waals surface area contributed by atoms with E-state index in [0.717, 1.165) is 5.56 Å². The standard InChI is InChI=1S/C20H28O7/c1-13(2)16(14(3)17(21)24-20(6,7)25-18(22)23)26-27-19(4,5)15-11-9-8-10-12-15/h8-13H,1-7H3,(H,22,23). The fourth-order valence-electron chi connectivity index (χ4n) is 2.26. The first-order valence-electron chi connectivity index (χ1n) is 8.63. The van der Waals surface area contributed by atoms with Gasteiger partial charge < -0.3 is 19.5 Å². The Kier molecular flexibility index (Phi) is 7.42. The summed E-state index contributed by atoms with van der Waals surface area (Å²) in [4.78, 5) is 34.2. The van der Waals surface area contributed by atoms with E-state index in [-0.39, 0.29) is 17.3 Å². The quantitative estimate of drug-likeness (QED) is 0.173. The molecule has 0 radical (unpaired) electrons. The minimum Gasteiger partial charge on any atom is -0.450 e. The van der Waals surface area contributed by atoms with Gasteiger partial charge in [0.05, 0.1) is 5.57 Å². The second-order valence-corrected chi connectivity index (χ2v) is 7.34. The van der Waals surface area contributed by atoms with Crippen LogP contribution >= 0.6 is 0 Å². The third-order valence-corrected chi connectivity index (χ3v) is 3.68. The highest BCUT2D eigenvalue weighted by Gasteiger charge is 2.31. The molecule has 0 aliphatic rings. The summed E-state index contributed by atoms with van der Waals surface area (Å²) in [5.41, 5.74) is 0.317. The Morgan fingerprint density at radius 2 is 1.56 bits per heavy atom. The zero-order valence-corrected chi connectivity index (χ0v) is 16.9. The van der Waals surface area contributed by atoms with Crippen molar-refractivity contribution in [1.82, 2.24) is 0 Å². The molecule has 0 spiro atoms. The molecule has 0 aliphatic carbocycles. The molecule has 1 rings (SSSR count). The van der Waals surface area contributed by atoms with Crippen molar-refractivity contribution < 1.29 is 33.9 Å². The monoisotopic (exact) mass is 380 g/mol. The Morgan fingerprint density at radius 3 is 2.04 bits per heavy atom. The van der Waals surface area contributed by atoms with Crippen LogP contribution in [0.4, 0.5) is 4.79 Å². The zero-order chi connectivity index (χ0) is 20.8. The third-order valence-electron chi connectivity index (χ3n) is 3.68. The van der Waals surface area contributed by atoms with Gasteiger partial charge in [0.2, 0.25) is 0 Å². The van der Waals surface area contributed by atoms with Crippen molar-refractivity contribution in [2.24, 2.45) is 5.92 Å². The van der Waals surface area contributed by atoms with Crippen molar-refractivity contribution in [3.63, 3.8) is 0 Å². The first-order valence-corrected chi connectivity index (χ1v) is 8.63. The summed E-state index contributed by atoms with van der Waals surface area (Å²) in [6, 6.07) is 9.52. The first-order chi connectivity index (χ1) is 12.4. The molecule has 0 unspecified atom stereocenters. The molecule has 1 aromatic rings. The number of rotatable bonds is 8. The predicted octanol–water partition coefficient (Wildman–Crippen LogP) is 4.77. The lowest BCUT2D eigenvalue weighted by Crippen LogP contribution is -2.34. The van der Waals surface area contributed by atoms with Gasteiger partial charge in [0.1, 0.15) is 5.60 Å². The van der Waals surface area contributed by atoms with Crippen LogP contribution in [0, 0.1) is 5.92 Å². The molecule has 0 heterocycles. The van der Waals surface area contributed by atoms with E-state index in [1.165, 1.54) is 20.8 Å². The summed E-state index contributed by atoms with van der Waals surface area (Å²) >= 11 is 0. The summed E-state index contributed by atoms with van der Waals surface area (Å²) in [5.74, 6) is -2.27. The number of hydrogen-bond donors (Lipinski definition) is 1. The first kappa shape index (κ1) is 22.5. The molecule has 0 atom stereocenters. The number of hydrogen-bond acceptors (Lipinski definition) is 6. The maximum Gasteiger partial charge on any atom is 0.509 e. The highest BCUT2D eigenvalue weighted by molar-refractivity contribution is 5.88. The molecule has 0 bridgehead atoms. The summed E-state index contributed by atoms with van der Waals surface area (Å²) in [6.07, 6.45) is -1.54. The molecule has 150 valence electrons. The van der Waals surface area contributed by atoms with Crippen LogP contribution in [0.15, 0.2) is 41.7 Å². The van der Waals surface area contributed by atoms with Gasteiger partial charge >= 0.3 is 12.1 Å². The minimum absolute atomic E-state index is 0.163. The van der Waals surface area contributed by atoms with Crippen molar-refractivity contribution in [2.45, 2.75) is 59.9 Å². The van der Waals surface area contributed by atoms with Gasteiger partial charge in [0.25, 0.3) is 5.79 Å². The predicted molar refractivity (Wildman–Crippen MR) is 98.5 cm³/mol. The molecule has 7 heteroatoms. The van der Waals surface area contributed by atoms with Crippen molar-refractivity contribution in [2.75, 3.05) is 0 Å². The van der Waals surface area contributed by atoms with Crippen LogP contribution < -0.4 is 0 Å². The van der Waals surface area contributed by atoms with E-state index in [9.17, 15) is 9.59 Å². The number of esters is 1. The van der Waals surface area contributed by atoms with Crippen molar-refractivity contribution >= 4 is 12.1 Å². The summed E-state index contributed by atoms with van der Waals surface area (Å²) in [5, 5.41) is 8.71. The molecule has 1 N–H and O–H groups in total. The minimum atomic E-state index is -1.63. The maximum absolute atomic E-state index is 12.4. The lowest BCUT2D eigenvalue weighted by Gasteiger charge is -2.27. The molecule has 0 amide bonds. The smallest absolute Gasteiger partial charge is 0.450 e. The molecule has 7 nitrogen and oxygen atoms in total. The van der Waals surface area contributed by atoms with E-state index in [1.54, 1.807) is 0 Å². The second kappa shape index (κ2) is 8.90. The van der Waals surface area contributed by atoms with Crippen molar-refractivity contribution in [3.05, 3.63) is 47.2 Å². The van der Waals surface area contributed by atoms with E-state index >= 15 is 0 Å². The van der Waals surface area contributed by atoms with E-state index in [2.05, 4.69) is 4.74 Å². The van der Waals surface area contributed by atoms with E-state index in [1.807, 2.05) is 58.0 Å². The van der Waals surface area contributed by atoms with Gasteiger partial charge in [0.15, 0.2) is 5.76 Å². The van der Waals surface area contributed by atoms with Gasteiger partial charge in [-0.05, 0) is 26.3 Å². The second-order valence-electron chi connectivity index (χ2n) is 7.34. The SMILES string of the molecule is CC(C(=O)OC(C)(C)OC(=O)O)=C(OOC(C)(C)c1ccccc1)C(C)C. The highest BCUT2D eigenvalue weighted by atomic mass is 17.2. The molecule has 1 aromatic carbocycles. The van der Waals surface area contributed by atoms with Gasteiger partial charge in [-0.1, -0.05) is 44.2 Å². The van der Waals surface area contributed by atoms with Crippen LogP contribution in [-0.2, 0) is 29.6 Å². The number of carbonyl (C=O) groups is 2. The third kappa shape index (κ3) is 6.94. The normalized spacial score (nSPS) is 13.0. The fourth-order valence-corrected chi connectivity index (χ4v) is 2.26. The van der Waals surface area contributed by atoms with Crippen molar-refractivity contribution in [3.8, 4) is 0 Å². The molecule has 0 saturated carbocycles. The average molecular weight is 380 g/mol. The largest absolute Gasteiger partial charge is 0.509 e. The highest BCUT2D eigenvalue weighted by Crippen LogP contribution is 2.28. The fraction of sp³-hybridized carbons (Fsp3) is 0.500. The van der Waals surface area contributed by atoms with Gasteiger partial charge in [-0.15, -0.1) is 0 Å². The topological polar surface area (TPSA) is 91.3 Å². The van der Waals surface area contributed by atoms with Crippen LogP contribution in [0.1, 0.15) is 54.0 Å². The van der Waals surface area contributed by atoms with Crippen LogP contribution in [0.3, 0.4) is 0 Å². The number of carboxylic acid groups (broad SMARTS) is 1. The zero-order valence-electron chi connectivity index (χ0n) is 16.9. The average Bonchev–Trinajstić information content (AvgIpc) is 2.53. The van der Waals surface area contributed by atoms with Crippen LogP contribution in [-0.4, -0.2) is 23.0 Å². The summed E-state index contributed by atoms with van der Waals surface area (Å²) < 4.78 is 9.67. The Morgan fingerprint density at radius 1 is 1.00 bits per heavy atom. The van der Waals surface area contributed by atoms with E-state index in [4.69, 9.17) is 19.6 Å². The Hall–Kier alpha value is -2.54. The maximum atomic E-state index is 12.4. The lowest BCUT2D eigenvalue weighted by molar-refractivity contribution is -0.336. The molecule has 0 saturated heterocycles. The Labute approximate surface area is 159 Å².